The van der Waals surface area contributed by atoms with Crippen LogP contribution in [0.25, 0.3) is 10.9 Å². The van der Waals surface area contributed by atoms with Crippen molar-refractivity contribution in [1.82, 2.24) is 20.9 Å². The summed E-state index contributed by atoms with van der Waals surface area (Å²) < 4.78 is 0. The Labute approximate surface area is 174 Å². The quantitative estimate of drug-likeness (QED) is 0.392. The van der Waals surface area contributed by atoms with Gasteiger partial charge in [-0.05, 0) is 24.0 Å². The summed E-state index contributed by atoms with van der Waals surface area (Å²) in [4.78, 5) is 50.6. The van der Waals surface area contributed by atoms with Gasteiger partial charge in [-0.15, -0.1) is 0 Å². The van der Waals surface area contributed by atoms with Crippen LogP contribution in [0.5, 0.6) is 0 Å². The Morgan fingerprint density at radius 3 is 2.40 bits per heavy atom. The maximum atomic E-state index is 12.3. The van der Waals surface area contributed by atoms with Gasteiger partial charge in [-0.25, -0.2) is 4.79 Å². The second kappa shape index (κ2) is 10.4. The molecule has 0 spiro atoms. The summed E-state index contributed by atoms with van der Waals surface area (Å²) in [6.07, 6.45) is 2.24. The Balaban J connectivity index is 1.95. The van der Waals surface area contributed by atoms with Crippen molar-refractivity contribution in [2.45, 2.75) is 45.7 Å². The number of fused-ring (bicyclic) bond motifs is 1. The summed E-state index contributed by atoms with van der Waals surface area (Å²) in [7, 11) is 0. The lowest BCUT2D eigenvalue weighted by atomic mass is 10.0. The zero-order chi connectivity index (χ0) is 22.3. The van der Waals surface area contributed by atoms with Crippen LogP contribution in [-0.2, 0) is 25.6 Å². The lowest BCUT2D eigenvalue weighted by Gasteiger charge is -2.20. The fraction of sp³-hybridized carbons (Fsp3) is 0.429. The minimum atomic E-state index is -1.17. The Bertz CT molecular complexity index is 921. The standard InChI is InChI=1S/C21H28N4O5/c1-12(2)8-17(24-13(3)26)20(28)23-11-19(27)25-18(21(29)30)9-14-10-22-16-7-5-4-6-15(14)16/h4-7,10,12,17-18,22H,8-9,11H2,1-3H3,(H,23,28)(H,24,26)(H,25,27)(H,29,30)/t17-,18+/m0/s1. The topological polar surface area (TPSA) is 140 Å². The average Bonchev–Trinajstić information content (AvgIpc) is 3.07. The molecule has 9 nitrogen and oxygen atoms in total. The second-order valence-corrected chi connectivity index (χ2v) is 7.62. The molecule has 0 bridgehead atoms. The lowest BCUT2D eigenvalue weighted by Crippen LogP contribution is -2.51. The molecule has 0 fully saturated rings. The summed E-state index contributed by atoms with van der Waals surface area (Å²) in [5.41, 5.74) is 1.65. The van der Waals surface area contributed by atoms with Gasteiger partial charge in [-0.3, -0.25) is 14.4 Å². The summed E-state index contributed by atoms with van der Waals surface area (Å²) in [5.74, 6) is -2.46. The van der Waals surface area contributed by atoms with Crippen molar-refractivity contribution in [3.8, 4) is 0 Å². The number of aromatic amines is 1. The van der Waals surface area contributed by atoms with Crippen molar-refractivity contribution in [3.05, 3.63) is 36.0 Å². The highest BCUT2D eigenvalue weighted by atomic mass is 16.4. The van der Waals surface area contributed by atoms with E-state index in [2.05, 4.69) is 20.9 Å². The van der Waals surface area contributed by atoms with Crippen molar-refractivity contribution >= 4 is 34.6 Å². The van der Waals surface area contributed by atoms with Crippen LogP contribution < -0.4 is 16.0 Å². The number of rotatable bonds is 10. The second-order valence-electron chi connectivity index (χ2n) is 7.62. The largest absolute Gasteiger partial charge is 0.480 e. The first-order chi connectivity index (χ1) is 14.2. The number of benzene rings is 1. The van der Waals surface area contributed by atoms with Crippen molar-refractivity contribution in [2.24, 2.45) is 5.92 Å². The van der Waals surface area contributed by atoms with Gasteiger partial charge in [0.15, 0.2) is 0 Å². The number of aromatic nitrogens is 1. The van der Waals surface area contributed by atoms with Crippen LogP contribution in [0, 0.1) is 5.92 Å². The normalized spacial score (nSPS) is 12.9. The Morgan fingerprint density at radius 2 is 1.77 bits per heavy atom. The number of amides is 3. The Morgan fingerprint density at radius 1 is 1.07 bits per heavy atom. The maximum Gasteiger partial charge on any atom is 0.326 e. The number of aliphatic carboxylic acids is 1. The SMILES string of the molecule is CC(=O)N[C@@H](CC(C)C)C(=O)NCC(=O)N[C@H](Cc1c[nH]c2ccccc12)C(=O)O. The summed E-state index contributed by atoms with van der Waals surface area (Å²) in [6.45, 7) is 4.76. The van der Waals surface area contributed by atoms with Gasteiger partial charge < -0.3 is 26.0 Å². The molecular weight excluding hydrogens is 388 g/mol. The van der Waals surface area contributed by atoms with Crippen LogP contribution in [0.2, 0.25) is 0 Å². The van der Waals surface area contributed by atoms with Gasteiger partial charge in [0.1, 0.15) is 12.1 Å². The van der Waals surface area contributed by atoms with Crippen LogP contribution in [0.15, 0.2) is 30.5 Å². The van der Waals surface area contributed by atoms with E-state index in [0.717, 1.165) is 16.5 Å². The van der Waals surface area contributed by atoms with E-state index >= 15 is 0 Å². The van der Waals surface area contributed by atoms with Crippen LogP contribution >= 0.6 is 0 Å². The molecule has 0 unspecified atom stereocenters. The van der Waals surface area contributed by atoms with Gasteiger partial charge >= 0.3 is 5.97 Å². The zero-order valence-corrected chi connectivity index (χ0v) is 17.3. The van der Waals surface area contributed by atoms with Gasteiger partial charge in [0.05, 0.1) is 6.54 Å². The number of carboxylic acid groups (broad SMARTS) is 1. The molecule has 0 saturated heterocycles. The third kappa shape index (κ3) is 6.61. The minimum absolute atomic E-state index is 0.0981. The number of nitrogens with one attached hydrogen (secondary N) is 4. The van der Waals surface area contributed by atoms with E-state index in [9.17, 15) is 24.3 Å². The molecule has 0 aliphatic rings. The molecule has 0 saturated carbocycles. The molecule has 2 rings (SSSR count). The van der Waals surface area contributed by atoms with Crippen molar-refractivity contribution in [2.75, 3.05) is 6.54 Å². The van der Waals surface area contributed by atoms with Gasteiger partial charge in [0.2, 0.25) is 17.7 Å². The first-order valence-electron chi connectivity index (χ1n) is 9.79. The number of hydrogen-bond donors (Lipinski definition) is 5. The van der Waals surface area contributed by atoms with E-state index in [4.69, 9.17) is 0 Å². The molecule has 5 N–H and O–H groups in total. The molecule has 2 aromatic rings. The van der Waals surface area contributed by atoms with Crippen LogP contribution in [0.3, 0.4) is 0 Å². The van der Waals surface area contributed by atoms with Gasteiger partial charge in [0.25, 0.3) is 0 Å². The predicted molar refractivity (Wildman–Crippen MR) is 112 cm³/mol. The summed E-state index contributed by atoms with van der Waals surface area (Å²) >= 11 is 0. The van der Waals surface area contributed by atoms with E-state index in [1.54, 1.807) is 6.20 Å². The van der Waals surface area contributed by atoms with E-state index in [-0.39, 0.29) is 24.8 Å². The third-order valence-corrected chi connectivity index (χ3v) is 4.56. The number of carboxylic acids is 1. The van der Waals surface area contributed by atoms with Crippen LogP contribution in [0.4, 0.5) is 0 Å². The molecule has 30 heavy (non-hydrogen) atoms. The van der Waals surface area contributed by atoms with Crippen LogP contribution in [0.1, 0.15) is 32.8 Å². The van der Waals surface area contributed by atoms with Crippen molar-refractivity contribution in [1.29, 1.82) is 0 Å². The fourth-order valence-corrected chi connectivity index (χ4v) is 3.20. The first-order valence-corrected chi connectivity index (χ1v) is 9.79. The molecule has 3 amide bonds. The smallest absolute Gasteiger partial charge is 0.326 e. The number of para-hydroxylation sites is 1. The summed E-state index contributed by atoms with van der Waals surface area (Å²) in [6, 6.07) is 5.58. The molecule has 1 aromatic carbocycles. The fourth-order valence-electron chi connectivity index (χ4n) is 3.20. The highest BCUT2D eigenvalue weighted by Crippen LogP contribution is 2.19. The van der Waals surface area contributed by atoms with Gasteiger partial charge in [-0.1, -0.05) is 32.0 Å². The Hall–Kier alpha value is -3.36. The third-order valence-electron chi connectivity index (χ3n) is 4.56. The van der Waals surface area contributed by atoms with Gasteiger partial charge in [-0.2, -0.15) is 0 Å². The van der Waals surface area contributed by atoms with Crippen molar-refractivity contribution < 1.29 is 24.3 Å². The molecule has 0 aliphatic carbocycles. The van der Waals surface area contributed by atoms with Crippen molar-refractivity contribution in [3.63, 3.8) is 0 Å². The van der Waals surface area contributed by atoms with E-state index in [1.807, 2.05) is 38.1 Å². The van der Waals surface area contributed by atoms with E-state index in [0.29, 0.717) is 6.42 Å². The molecule has 1 aromatic heterocycles. The lowest BCUT2D eigenvalue weighted by molar-refractivity contribution is -0.141. The maximum absolute atomic E-state index is 12.3. The molecule has 162 valence electrons. The van der Waals surface area contributed by atoms with Gasteiger partial charge in [0, 0.05) is 30.4 Å². The number of H-pyrrole nitrogens is 1. The average molecular weight is 416 g/mol. The molecule has 9 heteroatoms. The predicted octanol–water partition coefficient (Wildman–Crippen LogP) is 0.947. The number of carbonyl (C=O) groups is 4. The van der Waals surface area contributed by atoms with Crippen LogP contribution in [-0.4, -0.2) is 52.4 Å². The zero-order valence-electron chi connectivity index (χ0n) is 17.3. The number of carbonyl (C=O) groups excluding carboxylic acids is 3. The van der Waals surface area contributed by atoms with E-state index in [1.165, 1.54) is 6.92 Å². The van der Waals surface area contributed by atoms with E-state index < -0.39 is 29.9 Å². The summed E-state index contributed by atoms with van der Waals surface area (Å²) in [5, 5.41) is 17.8. The monoisotopic (exact) mass is 416 g/mol. The number of hydrogen-bond acceptors (Lipinski definition) is 4. The molecule has 2 atom stereocenters. The molecular formula is C21H28N4O5. The highest BCUT2D eigenvalue weighted by molar-refractivity contribution is 5.91. The molecule has 1 heterocycles. The first kappa shape index (κ1) is 22.9. The highest BCUT2D eigenvalue weighted by Gasteiger charge is 2.24. The minimum Gasteiger partial charge on any atom is -0.480 e. The molecule has 0 radical (unpaired) electrons. The Kier molecular flexibility index (Phi) is 7.97. The molecule has 0 aliphatic heterocycles.